The van der Waals surface area contributed by atoms with Gasteiger partial charge >= 0.3 is 12.1 Å². The fraction of sp³-hybridized carbons (Fsp3) is 0.250. The van der Waals surface area contributed by atoms with Crippen LogP contribution in [0.15, 0.2) is 35.1 Å². The molecule has 1 aromatic carbocycles. The van der Waals surface area contributed by atoms with E-state index in [0.29, 0.717) is 0 Å². The van der Waals surface area contributed by atoms with E-state index in [4.69, 9.17) is 4.74 Å². The number of alkyl halides is 3. The first-order valence-electron chi connectivity index (χ1n) is 7.53. The van der Waals surface area contributed by atoms with Crippen LogP contribution in [0.5, 0.6) is 0 Å². The van der Waals surface area contributed by atoms with Crippen LogP contribution in [-0.4, -0.2) is 32.3 Å². The van der Waals surface area contributed by atoms with Crippen molar-refractivity contribution in [3.63, 3.8) is 0 Å². The van der Waals surface area contributed by atoms with Gasteiger partial charge in [0.15, 0.2) is 5.78 Å². The van der Waals surface area contributed by atoms with Crippen LogP contribution in [0.3, 0.4) is 0 Å². The van der Waals surface area contributed by atoms with Gasteiger partial charge in [-0.05, 0) is 12.1 Å². The van der Waals surface area contributed by atoms with E-state index in [-0.39, 0.29) is 24.3 Å². The number of rotatable bonds is 6. The summed E-state index contributed by atoms with van der Waals surface area (Å²) in [6, 6.07) is 3.21. The molecule has 2 aromatic heterocycles. The number of hydrogen-bond donors (Lipinski definition) is 0. The molecule has 0 aliphatic carbocycles. The third kappa shape index (κ3) is 4.37. The lowest BCUT2D eigenvalue weighted by Crippen LogP contribution is -2.11. The maximum absolute atomic E-state index is 14.2. The average Bonchev–Trinajstić information content (AvgIpc) is 3.23. The highest BCUT2D eigenvalue weighted by atomic mass is 19.4. The second-order valence-electron chi connectivity index (χ2n) is 5.55. The molecule has 0 saturated carbocycles. The topological polar surface area (TPSA) is 83.0 Å². The maximum atomic E-state index is 14.2. The minimum absolute atomic E-state index is 0.0559. The maximum Gasteiger partial charge on any atom is 0.471 e. The molecule has 0 aliphatic heterocycles. The summed E-state index contributed by atoms with van der Waals surface area (Å²) >= 11 is 0. The van der Waals surface area contributed by atoms with Gasteiger partial charge < -0.3 is 9.26 Å². The summed E-state index contributed by atoms with van der Waals surface area (Å²) in [4.78, 5) is 15.2. The van der Waals surface area contributed by atoms with E-state index < -0.39 is 29.5 Å². The molecule has 0 saturated heterocycles. The Hall–Kier alpha value is -3.08. The molecule has 0 bridgehead atoms. The Labute approximate surface area is 149 Å². The van der Waals surface area contributed by atoms with Crippen molar-refractivity contribution < 1.29 is 31.6 Å². The van der Waals surface area contributed by atoms with Crippen molar-refractivity contribution in [1.29, 1.82) is 0 Å². The van der Waals surface area contributed by atoms with Gasteiger partial charge in [-0.15, -0.1) is 0 Å². The van der Waals surface area contributed by atoms with Crippen LogP contribution < -0.4 is 0 Å². The minimum Gasteiger partial charge on any atom is -0.368 e. The number of hydrogen-bond acceptors (Lipinski definition) is 6. The van der Waals surface area contributed by atoms with Gasteiger partial charge in [-0.3, -0.25) is 9.48 Å². The van der Waals surface area contributed by atoms with Crippen molar-refractivity contribution >= 4 is 5.78 Å². The van der Waals surface area contributed by atoms with E-state index in [1.165, 1.54) is 6.07 Å². The number of aromatic nitrogens is 4. The summed E-state index contributed by atoms with van der Waals surface area (Å²) in [5.74, 6) is -3.53. The van der Waals surface area contributed by atoms with Crippen LogP contribution >= 0.6 is 0 Å². The lowest BCUT2D eigenvalue weighted by atomic mass is 10.1. The van der Waals surface area contributed by atoms with E-state index in [0.717, 1.165) is 17.7 Å². The normalized spacial score (nSPS) is 11.7. The first-order chi connectivity index (χ1) is 12.7. The van der Waals surface area contributed by atoms with Gasteiger partial charge in [0.25, 0.3) is 0 Å². The van der Waals surface area contributed by atoms with Crippen molar-refractivity contribution in [2.45, 2.75) is 12.8 Å². The van der Waals surface area contributed by atoms with E-state index in [2.05, 4.69) is 19.8 Å². The molecule has 3 aromatic rings. The van der Waals surface area contributed by atoms with Crippen molar-refractivity contribution in [3.05, 3.63) is 53.4 Å². The molecule has 0 atom stereocenters. The van der Waals surface area contributed by atoms with Gasteiger partial charge in [0, 0.05) is 24.4 Å². The Kier molecular flexibility index (Phi) is 5.04. The molecule has 0 radical (unpaired) electrons. The van der Waals surface area contributed by atoms with Crippen molar-refractivity contribution in [2.75, 3.05) is 6.61 Å². The summed E-state index contributed by atoms with van der Waals surface area (Å²) in [5, 5.41) is 7.11. The number of aryl methyl sites for hydroxylation is 1. The molecular weight excluding hydrogens is 372 g/mol. The lowest BCUT2D eigenvalue weighted by Gasteiger charge is -2.05. The van der Waals surface area contributed by atoms with Crippen molar-refractivity contribution in [3.8, 4) is 11.4 Å². The Morgan fingerprint density at radius 2 is 2.11 bits per heavy atom. The van der Waals surface area contributed by atoms with Gasteiger partial charge in [0.2, 0.25) is 5.82 Å². The van der Waals surface area contributed by atoms with Crippen LogP contribution in [0.1, 0.15) is 21.8 Å². The molecule has 0 amide bonds. The number of nitrogens with zero attached hydrogens (tertiary/aromatic N) is 4. The number of ether oxygens (including phenoxy) is 1. The first-order valence-corrected chi connectivity index (χ1v) is 7.53. The van der Waals surface area contributed by atoms with Gasteiger partial charge in [-0.2, -0.15) is 23.3 Å². The molecule has 7 nitrogen and oxygen atoms in total. The molecule has 0 unspecified atom stereocenters. The number of halogens is 4. The fourth-order valence-corrected chi connectivity index (χ4v) is 2.22. The summed E-state index contributed by atoms with van der Waals surface area (Å²) < 4.78 is 62.5. The highest BCUT2D eigenvalue weighted by Crippen LogP contribution is 2.29. The quantitative estimate of drug-likeness (QED) is 0.480. The predicted octanol–water partition coefficient (Wildman–Crippen LogP) is 3.03. The largest absolute Gasteiger partial charge is 0.471 e. The molecule has 3 rings (SSSR count). The fourth-order valence-electron chi connectivity index (χ4n) is 2.22. The minimum atomic E-state index is -4.80. The second-order valence-corrected chi connectivity index (χ2v) is 5.55. The van der Waals surface area contributed by atoms with E-state index in [1.807, 2.05) is 0 Å². The molecule has 27 heavy (non-hydrogen) atoms. The summed E-state index contributed by atoms with van der Waals surface area (Å²) in [6.07, 6.45) is -1.52. The SMILES string of the molecule is Cn1cc(COCC(=O)c2ccc(-c3noc(C(F)(F)F)n3)cc2F)cn1. The summed E-state index contributed by atoms with van der Waals surface area (Å²) in [6.45, 7) is -0.242. The van der Waals surface area contributed by atoms with Gasteiger partial charge in [0.05, 0.1) is 18.4 Å². The number of Topliss-reactive ketones (excluding diaryl/α,β-unsaturated/α-hetero) is 1. The lowest BCUT2D eigenvalue weighted by molar-refractivity contribution is -0.159. The first kappa shape index (κ1) is 18.7. The van der Waals surface area contributed by atoms with Crippen LogP contribution in [0, 0.1) is 5.82 Å². The molecule has 142 valence electrons. The van der Waals surface area contributed by atoms with Gasteiger partial charge in [-0.25, -0.2) is 4.39 Å². The second kappa shape index (κ2) is 7.27. The molecular formula is C16H12F4N4O3. The third-order valence-corrected chi connectivity index (χ3v) is 3.46. The third-order valence-electron chi connectivity index (χ3n) is 3.46. The Balaban J connectivity index is 1.67. The van der Waals surface area contributed by atoms with E-state index >= 15 is 0 Å². The molecule has 11 heteroatoms. The average molecular weight is 384 g/mol. The Bertz CT molecular complexity index is 965. The van der Waals surface area contributed by atoms with E-state index in [1.54, 1.807) is 24.1 Å². The Morgan fingerprint density at radius 1 is 1.33 bits per heavy atom. The van der Waals surface area contributed by atoms with Crippen molar-refractivity contribution in [1.82, 2.24) is 19.9 Å². The van der Waals surface area contributed by atoms with Crippen LogP contribution in [0.25, 0.3) is 11.4 Å². The molecule has 0 fully saturated rings. The van der Waals surface area contributed by atoms with Gasteiger partial charge in [-0.1, -0.05) is 11.2 Å². The number of benzene rings is 1. The smallest absolute Gasteiger partial charge is 0.368 e. The zero-order valence-electron chi connectivity index (χ0n) is 13.8. The monoisotopic (exact) mass is 384 g/mol. The summed E-state index contributed by atoms with van der Waals surface area (Å²) in [5.41, 5.74) is 0.433. The Morgan fingerprint density at radius 3 is 2.70 bits per heavy atom. The standard InChI is InChI=1S/C16H12F4N4O3/c1-24-6-9(5-21-24)7-26-8-13(25)11-3-2-10(4-12(11)17)14-22-15(27-23-14)16(18,19)20/h2-6H,7-8H2,1H3. The van der Waals surface area contributed by atoms with Crippen LogP contribution in [0.4, 0.5) is 17.6 Å². The zero-order chi connectivity index (χ0) is 19.6. The molecule has 0 spiro atoms. The highest BCUT2D eigenvalue weighted by molar-refractivity contribution is 5.97. The highest BCUT2D eigenvalue weighted by Gasteiger charge is 2.38. The molecule has 0 N–H and O–H groups in total. The number of ketones is 1. The summed E-state index contributed by atoms with van der Waals surface area (Å²) in [7, 11) is 1.73. The zero-order valence-corrected chi connectivity index (χ0v) is 13.8. The van der Waals surface area contributed by atoms with Crippen molar-refractivity contribution in [2.24, 2.45) is 7.05 Å². The van der Waals surface area contributed by atoms with Crippen LogP contribution in [0.2, 0.25) is 0 Å². The molecule has 0 aliphatic rings. The predicted molar refractivity (Wildman–Crippen MR) is 81.9 cm³/mol. The van der Waals surface area contributed by atoms with Gasteiger partial charge in [0.1, 0.15) is 12.4 Å². The van der Waals surface area contributed by atoms with Crippen LogP contribution in [-0.2, 0) is 24.6 Å². The van der Waals surface area contributed by atoms with E-state index in [9.17, 15) is 22.4 Å². The molecule has 2 heterocycles. The number of carbonyl (C=O) groups excluding carboxylic acids is 1. The number of carbonyl (C=O) groups is 1.